The number of hydrogen-bond acceptors (Lipinski definition) is 3. The fraction of sp³-hybridized carbons (Fsp3) is 0.381. The number of carbonyl (C=O) groups excluding carboxylic acids is 1. The van der Waals surface area contributed by atoms with E-state index in [0.29, 0.717) is 17.9 Å². The highest BCUT2D eigenvalue weighted by atomic mass is 19.1. The summed E-state index contributed by atoms with van der Waals surface area (Å²) < 4.78 is 32.2. The molecule has 1 heterocycles. The van der Waals surface area contributed by atoms with Gasteiger partial charge in [0, 0.05) is 56.0 Å². The van der Waals surface area contributed by atoms with Crippen molar-refractivity contribution in [2.24, 2.45) is 0 Å². The van der Waals surface area contributed by atoms with E-state index in [4.69, 9.17) is 4.74 Å². The number of rotatable bonds is 5. The van der Waals surface area contributed by atoms with Crippen LogP contribution < -0.4 is 9.64 Å². The molecule has 1 aliphatic heterocycles. The van der Waals surface area contributed by atoms with E-state index in [2.05, 4.69) is 4.90 Å². The van der Waals surface area contributed by atoms with Gasteiger partial charge in [-0.2, -0.15) is 0 Å². The molecule has 2 aromatic rings. The number of anilines is 1. The fourth-order valence-electron chi connectivity index (χ4n) is 3.64. The van der Waals surface area contributed by atoms with Crippen LogP contribution in [0.2, 0.25) is 0 Å². The molecule has 4 nitrogen and oxygen atoms in total. The van der Waals surface area contributed by atoms with Gasteiger partial charge in [0.15, 0.2) is 0 Å². The van der Waals surface area contributed by atoms with E-state index >= 15 is 0 Å². The molecular weight excluding hydrogens is 350 g/mol. The topological polar surface area (TPSA) is 32.8 Å². The van der Waals surface area contributed by atoms with E-state index in [1.54, 1.807) is 14.0 Å². The Morgan fingerprint density at radius 2 is 1.93 bits per heavy atom. The molecule has 0 aliphatic carbocycles. The summed E-state index contributed by atoms with van der Waals surface area (Å²) in [5.74, 6) is -0.376. The van der Waals surface area contributed by atoms with Gasteiger partial charge in [-0.15, -0.1) is 0 Å². The lowest BCUT2D eigenvalue weighted by Crippen LogP contribution is -2.46. The average molecular weight is 374 g/mol. The zero-order valence-electron chi connectivity index (χ0n) is 15.6. The van der Waals surface area contributed by atoms with Gasteiger partial charge in [0.05, 0.1) is 7.11 Å². The lowest BCUT2D eigenvalue weighted by Gasteiger charge is -2.38. The molecule has 0 bridgehead atoms. The molecule has 3 rings (SSSR count). The van der Waals surface area contributed by atoms with Gasteiger partial charge in [-0.3, -0.25) is 9.69 Å². The molecule has 0 spiro atoms. The van der Waals surface area contributed by atoms with E-state index in [1.807, 2.05) is 29.2 Å². The highest BCUT2D eigenvalue weighted by Gasteiger charge is 2.28. The first kappa shape index (κ1) is 19.3. The molecule has 0 saturated carbocycles. The standard InChI is InChI=1S/C21H24F2N2O2/c1-15(26)25(19-4-3-5-20(13-19)27-2)18-8-10-24(11-9-18)14-16-6-7-17(22)12-21(16)23/h3-7,12-13,18H,8-11,14H2,1-2H3. The van der Waals surface area contributed by atoms with Gasteiger partial charge in [0.2, 0.25) is 5.91 Å². The monoisotopic (exact) mass is 374 g/mol. The molecule has 0 aromatic heterocycles. The number of piperidine rings is 1. The Kier molecular flexibility index (Phi) is 6.06. The van der Waals surface area contributed by atoms with Crippen molar-refractivity contribution in [3.8, 4) is 5.75 Å². The number of methoxy groups -OCH3 is 1. The van der Waals surface area contributed by atoms with Crippen LogP contribution in [-0.2, 0) is 11.3 Å². The van der Waals surface area contributed by atoms with Crippen LogP contribution >= 0.6 is 0 Å². The number of hydrogen-bond donors (Lipinski definition) is 0. The lowest BCUT2D eigenvalue weighted by atomic mass is 10.0. The Bertz CT molecular complexity index is 805. The second kappa shape index (κ2) is 8.48. The Labute approximate surface area is 158 Å². The summed E-state index contributed by atoms with van der Waals surface area (Å²) >= 11 is 0. The number of amides is 1. The van der Waals surface area contributed by atoms with Crippen LogP contribution in [0, 0.1) is 11.6 Å². The third-order valence-corrected chi connectivity index (χ3v) is 5.00. The first-order valence-corrected chi connectivity index (χ1v) is 9.08. The second-order valence-corrected chi connectivity index (χ2v) is 6.83. The van der Waals surface area contributed by atoms with Crippen LogP contribution in [0.1, 0.15) is 25.3 Å². The lowest BCUT2D eigenvalue weighted by molar-refractivity contribution is -0.117. The minimum absolute atomic E-state index is 0.00807. The number of likely N-dealkylation sites (tertiary alicyclic amines) is 1. The molecule has 0 atom stereocenters. The van der Waals surface area contributed by atoms with E-state index < -0.39 is 11.6 Å². The van der Waals surface area contributed by atoms with Crippen molar-refractivity contribution in [2.75, 3.05) is 25.1 Å². The molecule has 1 fully saturated rings. The summed E-state index contributed by atoms with van der Waals surface area (Å²) in [5, 5.41) is 0. The summed E-state index contributed by atoms with van der Waals surface area (Å²) in [6.45, 7) is 3.50. The number of nitrogens with zero attached hydrogens (tertiary/aromatic N) is 2. The van der Waals surface area contributed by atoms with Crippen molar-refractivity contribution in [3.05, 3.63) is 59.7 Å². The summed E-state index contributed by atoms with van der Waals surface area (Å²) in [5.41, 5.74) is 1.32. The van der Waals surface area contributed by atoms with Crippen LogP contribution in [0.25, 0.3) is 0 Å². The molecule has 144 valence electrons. The van der Waals surface area contributed by atoms with Crippen LogP contribution in [0.4, 0.5) is 14.5 Å². The molecule has 0 unspecified atom stereocenters. The molecule has 0 N–H and O–H groups in total. The number of carbonyl (C=O) groups is 1. The third kappa shape index (κ3) is 4.63. The molecule has 2 aromatic carbocycles. The zero-order valence-corrected chi connectivity index (χ0v) is 15.6. The minimum atomic E-state index is -0.564. The maximum Gasteiger partial charge on any atom is 0.224 e. The normalized spacial score (nSPS) is 15.6. The van der Waals surface area contributed by atoms with Crippen molar-refractivity contribution >= 4 is 11.6 Å². The molecular formula is C21H24F2N2O2. The SMILES string of the molecule is COc1cccc(N(C(C)=O)C2CCN(Cc3ccc(F)cc3F)CC2)c1. The first-order valence-electron chi connectivity index (χ1n) is 9.08. The average Bonchev–Trinajstić information content (AvgIpc) is 2.65. The summed E-state index contributed by atoms with van der Waals surface area (Å²) in [7, 11) is 1.60. The van der Waals surface area contributed by atoms with Gasteiger partial charge in [0.1, 0.15) is 17.4 Å². The van der Waals surface area contributed by atoms with Gasteiger partial charge >= 0.3 is 0 Å². The molecule has 27 heavy (non-hydrogen) atoms. The highest BCUT2D eigenvalue weighted by Crippen LogP contribution is 2.27. The Morgan fingerprint density at radius 1 is 1.19 bits per heavy atom. The van der Waals surface area contributed by atoms with Crippen molar-refractivity contribution in [3.63, 3.8) is 0 Å². The third-order valence-electron chi connectivity index (χ3n) is 5.00. The fourth-order valence-corrected chi connectivity index (χ4v) is 3.64. The predicted molar refractivity (Wildman–Crippen MR) is 101 cm³/mol. The van der Waals surface area contributed by atoms with Crippen LogP contribution in [0.15, 0.2) is 42.5 Å². The van der Waals surface area contributed by atoms with E-state index in [0.717, 1.165) is 37.7 Å². The van der Waals surface area contributed by atoms with Gasteiger partial charge in [-0.25, -0.2) is 8.78 Å². The number of ether oxygens (including phenoxy) is 1. The van der Waals surface area contributed by atoms with Gasteiger partial charge < -0.3 is 9.64 Å². The first-order chi connectivity index (χ1) is 13.0. The van der Waals surface area contributed by atoms with Crippen LogP contribution in [-0.4, -0.2) is 37.0 Å². The molecule has 6 heteroatoms. The second-order valence-electron chi connectivity index (χ2n) is 6.83. The minimum Gasteiger partial charge on any atom is -0.497 e. The summed E-state index contributed by atoms with van der Waals surface area (Å²) in [4.78, 5) is 16.2. The zero-order chi connectivity index (χ0) is 19.4. The van der Waals surface area contributed by atoms with E-state index in [1.165, 1.54) is 12.1 Å². The summed E-state index contributed by atoms with van der Waals surface area (Å²) in [6.07, 6.45) is 1.58. The quantitative estimate of drug-likeness (QED) is 0.793. The maximum atomic E-state index is 13.9. The van der Waals surface area contributed by atoms with E-state index in [-0.39, 0.29) is 11.9 Å². The maximum absolute atomic E-state index is 13.9. The molecule has 1 amide bonds. The number of benzene rings is 2. The molecule has 1 saturated heterocycles. The Morgan fingerprint density at radius 3 is 2.56 bits per heavy atom. The van der Waals surface area contributed by atoms with Crippen molar-refractivity contribution in [1.82, 2.24) is 4.90 Å². The molecule has 0 radical (unpaired) electrons. The molecule has 1 aliphatic rings. The van der Waals surface area contributed by atoms with Crippen molar-refractivity contribution in [2.45, 2.75) is 32.4 Å². The predicted octanol–water partition coefficient (Wildman–Crippen LogP) is 3.99. The highest BCUT2D eigenvalue weighted by molar-refractivity contribution is 5.92. The van der Waals surface area contributed by atoms with E-state index in [9.17, 15) is 13.6 Å². The van der Waals surface area contributed by atoms with Gasteiger partial charge in [-0.1, -0.05) is 12.1 Å². The van der Waals surface area contributed by atoms with Crippen molar-refractivity contribution < 1.29 is 18.3 Å². The van der Waals surface area contributed by atoms with Crippen LogP contribution in [0.5, 0.6) is 5.75 Å². The summed E-state index contributed by atoms with van der Waals surface area (Å²) in [6, 6.07) is 11.3. The largest absolute Gasteiger partial charge is 0.497 e. The Balaban J connectivity index is 1.66. The van der Waals surface area contributed by atoms with Crippen molar-refractivity contribution in [1.29, 1.82) is 0 Å². The van der Waals surface area contributed by atoms with Gasteiger partial charge in [-0.05, 0) is 31.0 Å². The van der Waals surface area contributed by atoms with Crippen LogP contribution in [0.3, 0.4) is 0 Å². The Hall–Kier alpha value is -2.47. The number of halogens is 2. The smallest absolute Gasteiger partial charge is 0.224 e. The van der Waals surface area contributed by atoms with Gasteiger partial charge in [0.25, 0.3) is 0 Å².